The summed E-state index contributed by atoms with van der Waals surface area (Å²) in [7, 11) is 4.11. The van der Waals surface area contributed by atoms with Crippen LogP contribution >= 0.6 is 0 Å². The van der Waals surface area contributed by atoms with Crippen LogP contribution in [0.15, 0.2) is 10.9 Å². The van der Waals surface area contributed by atoms with Gasteiger partial charge in [0.15, 0.2) is 5.82 Å². The van der Waals surface area contributed by atoms with Gasteiger partial charge in [0.05, 0.1) is 0 Å². The predicted molar refractivity (Wildman–Crippen MR) is 49.4 cm³/mol. The Hall–Kier alpha value is -0.940. The second kappa shape index (κ2) is 5.66. The number of hydrogen-bond acceptors (Lipinski definition) is 5. The van der Waals surface area contributed by atoms with E-state index in [-0.39, 0.29) is 0 Å². The smallest absolute Gasteiger partial charge is 0.213 e. The molecular formula is C8H16N4O. The maximum Gasteiger partial charge on any atom is 0.213 e. The molecule has 13 heavy (non-hydrogen) atoms. The topological polar surface area (TPSA) is 54.2 Å². The second-order valence-corrected chi connectivity index (χ2v) is 3.15. The molecule has 0 aliphatic rings. The molecule has 5 nitrogen and oxygen atoms in total. The van der Waals surface area contributed by atoms with E-state index in [4.69, 9.17) is 0 Å². The first-order valence-electron chi connectivity index (χ1n) is 4.40. The zero-order valence-electron chi connectivity index (χ0n) is 8.16. The van der Waals surface area contributed by atoms with Gasteiger partial charge in [0, 0.05) is 26.1 Å². The minimum Gasteiger partial charge on any atom is -0.343 e. The molecule has 1 aromatic rings. The van der Waals surface area contributed by atoms with Crippen molar-refractivity contribution in [3.8, 4) is 0 Å². The van der Waals surface area contributed by atoms with E-state index in [9.17, 15) is 0 Å². The van der Waals surface area contributed by atoms with Crippen molar-refractivity contribution in [3.05, 3.63) is 12.2 Å². The molecule has 0 aliphatic heterocycles. The van der Waals surface area contributed by atoms with Crippen LogP contribution in [0, 0.1) is 0 Å². The van der Waals surface area contributed by atoms with Crippen LogP contribution in [0.4, 0.5) is 0 Å². The highest BCUT2D eigenvalue weighted by atomic mass is 16.5. The molecule has 0 amide bonds. The lowest BCUT2D eigenvalue weighted by Crippen LogP contribution is -2.28. The van der Waals surface area contributed by atoms with E-state index in [2.05, 4.69) is 39.0 Å². The molecule has 5 heteroatoms. The molecule has 1 heterocycles. The molecule has 0 unspecified atom stereocenters. The van der Waals surface area contributed by atoms with E-state index in [1.54, 1.807) is 0 Å². The van der Waals surface area contributed by atoms with Gasteiger partial charge in [-0.05, 0) is 14.1 Å². The fraction of sp³-hybridized carbons (Fsp3) is 0.750. The molecule has 0 radical (unpaired) electrons. The summed E-state index contributed by atoms with van der Waals surface area (Å²) < 4.78 is 4.61. The van der Waals surface area contributed by atoms with Crippen LogP contribution in [-0.4, -0.2) is 48.8 Å². The number of likely N-dealkylation sites (N-methyl/N-ethyl adjacent to an activating group) is 1. The van der Waals surface area contributed by atoms with E-state index in [1.807, 2.05) is 0 Å². The zero-order valence-corrected chi connectivity index (χ0v) is 8.16. The summed E-state index contributed by atoms with van der Waals surface area (Å²) in [5, 5.41) is 7.00. The molecule has 0 atom stereocenters. The Balaban J connectivity index is 1.96. The van der Waals surface area contributed by atoms with E-state index in [0.29, 0.717) is 0 Å². The maximum atomic E-state index is 4.61. The Kier molecular flexibility index (Phi) is 4.42. The lowest BCUT2D eigenvalue weighted by Gasteiger charge is -2.09. The Labute approximate surface area is 78.1 Å². The third kappa shape index (κ3) is 4.59. The lowest BCUT2D eigenvalue weighted by atomic mass is 10.4. The minimum atomic E-state index is 0.761. The first-order chi connectivity index (χ1) is 6.29. The third-order valence-corrected chi connectivity index (χ3v) is 1.67. The summed E-state index contributed by atoms with van der Waals surface area (Å²) in [6.07, 6.45) is 2.18. The van der Waals surface area contributed by atoms with Crippen LogP contribution in [0.3, 0.4) is 0 Å². The fourth-order valence-corrected chi connectivity index (χ4v) is 0.930. The van der Waals surface area contributed by atoms with Gasteiger partial charge in [-0.2, -0.15) is 4.98 Å². The van der Waals surface area contributed by atoms with Crippen LogP contribution in [0.1, 0.15) is 5.82 Å². The molecule has 0 saturated carbocycles. The quantitative estimate of drug-likeness (QED) is 0.619. The normalized spacial score (nSPS) is 11.0. The van der Waals surface area contributed by atoms with Crippen LogP contribution < -0.4 is 5.32 Å². The van der Waals surface area contributed by atoms with Gasteiger partial charge < -0.3 is 14.7 Å². The highest BCUT2D eigenvalue weighted by Gasteiger charge is 1.96. The van der Waals surface area contributed by atoms with Crippen molar-refractivity contribution < 1.29 is 4.52 Å². The Morgan fingerprint density at radius 2 is 2.31 bits per heavy atom. The van der Waals surface area contributed by atoms with Crippen molar-refractivity contribution in [1.82, 2.24) is 20.4 Å². The molecule has 1 rings (SSSR count). The highest BCUT2D eigenvalue weighted by molar-refractivity contribution is 4.78. The third-order valence-electron chi connectivity index (χ3n) is 1.67. The monoisotopic (exact) mass is 184 g/mol. The van der Waals surface area contributed by atoms with E-state index in [0.717, 1.165) is 31.9 Å². The van der Waals surface area contributed by atoms with Gasteiger partial charge in [0.2, 0.25) is 6.39 Å². The first kappa shape index (κ1) is 10.1. The SMILES string of the molecule is CN(C)CCNCCc1ncon1. The maximum absolute atomic E-state index is 4.61. The van der Waals surface area contributed by atoms with Crippen LogP contribution in [-0.2, 0) is 6.42 Å². The van der Waals surface area contributed by atoms with Gasteiger partial charge in [0.25, 0.3) is 0 Å². The lowest BCUT2D eigenvalue weighted by molar-refractivity contribution is 0.397. The number of nitrogens with one attached hydrogen (secondary N) is 1. The Bertz CT molecular complexity index is 210. The summed E-state index contributed by atoms with van der Waals surface area (Å²) in [6.45, 7) is 2.93. The molecule has 1 aromatic heterocycles. The molecular weight excluding hydrogens is 168 g/mol. The zero-order chi connectivity index (χ0) is 9.52. The van der Waals surface area contributed by atoms with Gasteiger partial charge >= 0.3 is 0 Å². The van der Waals surface area contributed by atoms with Crippen molar-refractivity contribution in [2.24, 2.45) is 0 Å². The summed E-state index contributed by atoms with van der Waals surface area (Å²) >= 11 is 0. The predicted octanol–water partition coefficient (Wildman–Crippen LogP) is -0.237. The molecule has 0 spiro atoms. The van der Waals surface area contributed by atoms with Gasteiger partial charge in [-0.15, -0.1) is 0 Å². The summed E-state index contributed by atoms with van der Waals surface area (Å²) in [6, 6.07) is 0. The van der Waals surface area contributed by atoms with E-state index in [1.165, 1.54) is 6.39 Å². The van der Waals surface area contributed by atoms with Gasteiger partial charge in [0.1, 0.15) is 0 Å². The average Bonchev–Trinajstić information content (AvgIpc) is 2.55. The molecule has 0 aromatic carbocycles. The standard InChI is InChI=1S/C8H16N4O/c1-12(2)6-5-9-4-3-8-10-7-13-11-8/h7,9H,3-6H2,1-2H3. The van der Waals surface area contributed by atoms with Gasteiger partial charge in [-0.3, -0.25) is 0 Å². The van der Waals surface area contributed by atoms with Crippen molar-refractivity contribution in [2.75, 3.05) is 33.7 Å². The molecule has 1 N–H and O–H groups in total. The first-order valence-corrected chi connectivity index (χ1v) is 4.40. The second-order valence-electron chi connectivity index (χ2n) is 3.15. The molecule has 74 valence electrons. The minimum absolute atomic E-state index is 0.761. The van der Waals surface area contributed by atoms with Crippen LogP contribution in [0.25, 0.3) is 0 Å². The van der Waals surface area contributed by atoms with Gasteiger partial charge in [-0.1, -0.05) is 5.16 Å². The number of nitrogens with zero attached hydrogens (tertiary/aromatic N) is 3. The van der Waals surface area contributed by atoms with Crippen molar-refractivity contribution in [3.63, 3.8) is 0 Å². The van der Waals surface area contributed by atoms with Crippen LogP contribution in [0.2, 0.25) is 0 Å². The fourth-order valence-electron chi connectivity index (χ4n) is 0.930. The van der Waals surface area contributed by atoms with E-state index < -0.39 is 0 Å². The number of rotatable bonds is 6. The Morgan fingerprint density at radius 1 is 1.46 bits per heavy atom. The Morgan fingerprint density at radius 3 is 2.92 bits per heavy atom. The molecule has 0 fully saturated rings. The largest absolute Gasteiger partial charge is 0.343 e. The van der Waals surface area contributed by atoms with Gasteiger partial charge in [-0.25, -0.2) is 0 Å². The average molecular weight is 184 g/mol. The van der Waals surface area contributed by atoms with Crippen LogP contribution in [0.5, 0.6) is 0 Å². The summed E-state index contributed by atoms with van der Waals surface area (Å²) in [5.41, 5.74) is 0. The van der Waals surface area contributed by atoms with Crippen molar-refractivity contribution in [1.29, 1.82) is 0 Å². The molecule has 0 bridgehead atoms. The van der Waals surface area contributed by atoms with Crippen molar-refractivity contribution in [2.45, 2.75) is 6.42 Å². The number of aromatic nitrogens is 2. The summed E-state index contributed by atoms with van der Waals surface area (Å²) in [5.74, 6) is 0.761. The molecule has 0 aliphatic carbocycles. The van der Waals surface area contributed by atoms with E-state index >= 15 is 0 Å². The summed E-state index contributed by atoms with van der Waals surface area (Å²) in [4.78, 5) is 6.06. The molecule has 0 saturated heterocycles. The number of hydrogen-bond donors (Lipinski definition) is 1. The highest BCUT2D eigenvalue weighted by Crippen LogP contribution is 1.87. The van der Waals surface area contributed by atoms with Crippen molar-refractivity contribution >= 4 is 0 Å².